The number of H-pyrrole nitrogens is 1. The largest absolute Gasteiger partial charge is 0.477 e. The minimum Gasteiger partial charge on any atom is -0.477 e. The van der Waals surface area contributed by atoms with Crippen molar-refractivity contribution in [3.63, 3.8) is 0 Å². The number of carbonyl (C=O) groups excluding carboxylic acids is 3. The number of carboxylic acids is 1. The summed E-state index contributed by atoms with van der Waals surface area (Å²) in [6.07, 6.45) is 7.23. The molecular weight excluding hydrogens is 574 g/mol. The molecule has 3 amide bonds. The van der Waals surface area contributed by atoms with Crippen LogP contribution < -0.4 is 5.32 Å². The molecule has 12 heteroatoms. The summed E-state index contributed by atoms with van der Waals surface area (Å²) in [4.78, 5) is 60.9. The predicted molar refractivity (Wildman–Crippen MR) is 160 cm³/mol. The van der Waals surface area contributed by atoms with Crippen LogP contribution >= 0.6 is 23.5 Å². The average molecular weight is 604 g/mol. The van der Waals surface area contributed by atoms with Gasteiger partial charge in [0.25, 0.3) is 5.91 Å². The van der Waals surface area contributed by atoms with E-state index in [1.165, 1.54) is 28.4 Å². The maximum absolute atomic E-state index is 13.0. The topological polar surface area (TPSA) is 136 Å². The Morgan fingerprint density at radius 2 is 1.86 bits per heavy atom. The van der Waals surface area contributed by atoms with Gasteiger partial charge in [-0.1, -0.05) is 48.5 Å². The number of carboxylic acid groups (broad SMARTS) is 1. The van der Waals surface area contributed by atoms with Gasteiger partial charge in [0.2, 0.25) is 11.8 Å². The molecule has 3 aliphatic rings. The number of nitrogens with zero attached hydrogens (tertiary/aromatic N) is 3. The van der Waals surface area contributed by atoms with Crippen LogP contribution in [0.3, 0.4) is 0 Å². The standard InChI is InChI=1S/C27H25N3O5S2.C3H4N2/c31-21(16-36-20-9-5-2-6-10-20)28-22-25(33)30-23(27(34)35)19(15-37-26(22)30)13-18-11-12-29(24(18)32)14-17-7-3-1-4-8-17;1-2-5-3-4-1/h1-10,13,22,26H,11-12,14-16H2,(H,28,31)(H,34,35);1-3H,(H,4,5)/t22-,26-;/m1./s1. The van der Waals surface area contributed by atoms with Gasteiger partial charge < -0.3 is 20.3 Å². The lowest BCUT2D eigenvalue weighted by molar-refractivity contribution is -0.150. The number of rotatable bonds is 8. The van der Waals surface area contributed by atoms with Gasteiger partial charge in [-0.25, -0.2) is 9.78 Å². The Bertz CT molecular complexity index is 1480. The fourth-order valence-electron chi connectivity index (χ4n) is 4.82. The van der Waals surface area contributed by atoms with Crippen molar-refractivity contribution in [1.29, 1.82) is 0 Å². The third kappa shape index (κ3) is 6.77. The van der Waals surface area contributed by atoms with E-state index in [2.05, 4.69) is 15.3 Å². The van der Waals surface area contributed by atoms with E-state index in [1.54, 1.807) is 29.7 Å². The second-order valence-corrected chi connectivity index (χ2v) is 11.8. The number of hydrogen-bond acceptors (Lipinski definition) is 7. The smallest absolute Gasteiger partial charge is 0.352 e. The van der Waals surface area contributed by atoms with Crippen molar-refractivity contribution in [1.82, 2.24) is 25.1 Å². The molecule has 6 rings (SSSR count). The molecule has 3 aromatic rings. The van der Waals surface area contributed by atoms with Gasteiger partial charge in [-0.15, -0.1) is 23.5 Å². The molecule has 4 heterocycles. The van der Waals surface area contributed by atoms with Crippen LogP contribution in [0.1, 0.15) is 12.0 Å². The molecule has 0 aliphatic carbocycles. The summed E-state index contributed by atoms with van der Waals surface area (Å²) in [6.45, 7) is 1.05. The van der Waals surface area contributed by atoms with Gasteiger partial charge in [-0.2, -0.15) is 0 Å². The first-order valence-corrected chi connectivity index (χ1v) is 15.3. The van der Waals surface area contributed by atoms with E-state index >= 15 is 0 Å². The highest BCUT2D eigenvalue weighted by Gasteiger charge is 2.54. The highest BCUT2D eigenvalue weighted by atomic mass is 32.2. The lowest BCUT2D eigenvalue weighted by Crippen LogP contribution is -2.70. The molecule has 42 heavy (non-hydrogen) atoms. The number of likely N-dealkylation sites (tertiary alicyclic amines) is 1. The Morgan fingerprint density at radius 1 is 1.12 bits per heavy atom. The Kier molecular flexibility index (Phi) is 9.45. The number of amides is 3. The molecule has 10 nitrogen and oxygen atoms in total. The van der Waals surface area contributed by atoms with E-state index in [9.17, 15) is 24.3 Å². The van der Waals surface area contributed by atoms with Crippen LogP contribution in [0.25, 0.3) is 0 Å². The molecule has 2 atom stereocenters. The number of aromatic amines is 1. The molecule has 0 spiro atoms. The summed E-state index contributed by atoms with van der Waals surface area (Å²) < 4.78 is 0. The lowest BCUT2D eigenvalue weighted by Gasteiger charge is -2.49. The van der Waals surface area contributed by atoms with E-state index in [1.807, 2.05) is 60.7 Å². The predicted octanol–water partition coefficient (Wildman–Crippen LogP) is 3.29. The van der Waals surface area contributed by atoms with Crippen molar-refractivity contribution in [3.8, 4) is 0 Å². The maximum Gasteiger partial charge on any atom is 0.352 e. The number of fused-ring (bicyclic) bond motifs is 1. The molecule has 2 aromatic carbocycles. The summed E-state index contributed by atoms with van der Waals surface area (Å²) in [5.74, 6) is -1.59. The number of aromatic nitrogens is 2. The molecular formula is C30H29N5O5S2. The molecule has 0 bridgehead atoms. The van der Waals surface area contributed by atoms with E-state index in [-0.39, 0.29) is 23.3 Å². The molecule has 0 saturated carbocycles. The molecule has 2 saturated heterocycles. The Labute approximate surface area is 251 Å². The first-order valence-electron chi connectivity index (χ1n) is 13.3. The van der Waals surface area contributed by atoms with Crippen LogP contribution in [0.5, 0.6) is 0 Å². The zero-order valence-corrected chi connectivity index (χ0v) is 24.1. The summed E-state index contributed by atoms with van der Waals surface area (Å²) in [6, 6.07) is 18.4. The fraction of sp³-hybridized carbons (Fsp3) is 0.233. The number of aliphatic carboxylic acids is 1. The zero-order chi connectivity index (χ0) is 29.5. The molecule has 0 radical (unpaired) electrons. The van der Waals surface area contributed by atoms with Crippen molar-refractivity contribution >= 4 is 47.2 Å². The Morgan fingerprint density at radius 3 is 2.50 bits per heavy atom. The van der Waals surface area contributed by atoms with Gasteiger partial charge in [0.1, 0.15) is 17.1 Å². The van der Waals surface area contributed by atoms with Gasteiger partial charge in [0.15, 0.2) is 0 Å². The van der Waals surface area contributed by atoms with Crippen LogP contribution in [0.2, 0.25) is 0 Å². The minimum absolute atomic E-state index is 0.111. The van der Waals surface area contributed by atoms with Gasteiger partial charge >= 0.3 is 5.97 Å². The number of hydrogen-bond donors (Lipinski definition) is 3. The minimum atomic E-state index is -1.22. The van der Waals surface area contributed by atoms with Crippen molar-refractivity contribution in [3.05, 3.63) is 108 Å². The third-order valence-electron chi connectivity index (χ3n) is 6.81. The summed E-state index contributed by atoms with van der Waals surface area (Å²) in [5.41, 5.74) is 1.90. The first kappa shape index (κ1) is 29.2. The zero-order valence-electron chi connectivity index (χ0n) is 22.5. The van der Waals surface area contributed by atoms with Gasteiger partial charge in [0.05, 0.1) is 12.1 Å². The van der Waals surface area contributed by atoms with Crippen LogP contribution in [0.15, 0.2) is 107 Å². The molecule has 3 N–H and O–H groups in total. The van der Waals surface area contributed by atoms with Gasteiger partial charge in [-0.05, 0) is 35.8 Å². The molecule has 3 aliphatic heterocycles. The molecule has 0 unspecified atom stereocenters. The highest BCUT2D eigenvalue weighted by Crippen LogP contribution is 2.41. The first-order chi connectivity index (χ1) is 20.4. The molecule has 2 fully saturated rings. The number of benzene rings is 2. The summed E-state index contributed by atoms with van der Waals surface area (Å²) in [7, 11) is 0. The third-order valence-corrected chi connectivity index (χ3v) is 9.13. The van der Waals surface area contributed by atoms with Crippen LogP contribution in [-0.2, 0) is 25.7 Å². The number of imidazole rings is 1. The van der Waals surface area contributed by atoms with E-state index in [0.29, 0.717) is 36.4 Å². The highest BCUT2D eigenvalue weighted by molar-refractivity contribution is 8.00. The summed E-state index contributed by atoms with van der Waals surface area (Å²) in [5, 5.41) is 12.2. The number of β-lactam (4-membered cyclic amide) rings is 1. The van der Waals surface area contributed by atoms with Crippen molar-refractivity contribution in [2.45, 2.75) is 29.3 Å². The Hall–Kier alpha value is -4.29. The van der Waals surface area contributed by atoms with Crippen LogP contribution in [0.4, 0.5) is 0 Å². The van der Waals surface area contributed by atoms with Gasteiger partial charge in [-0.3, -0.25) is 19.3 Å². The second-order valence-electron chi connectivity index (χ2n) is 9.63. The van der Waals surface area contributed by atoms with E-state index < -0.39 is 23.3 Å². The average Bonchev–Trinajstić information content (AvgIpc) is 3.70. The monoisotopic (exact) mass is 603 g/mol. The number of allylic oxidation sites excluding steroid dienone is 1. The summed E-state index contributed by atoms with van der Waals surface area (Å²) >= 11 is 2.76. The van der Waals surface area contributed by atoms with Crippen molar-refractivity contribution in [2.75, 3.05) is 18.1 Å². The lowest BCUT2D eigenvalue weighted by atomic mass is 10.0. The number of nitrogens with one attached hydrogen (secondary N) is 2. The van der Waals surface area contributed by atoms with Gasteiger partial charge in [0, 0.05) is 41.7 Å². The van der Waals surface area contributed by atoms with Crippen LogP contribution in [0, 0.1) is 0 Å². The number of thioether (sulfide) groups is 2. The quantitative estimate of drug-likeness (QED) is 0.203. The van der Waals surface area contributed by atoms with Crippen molar-refractivity contribution < 1.29 is 24.3 Å². The van der Waals surface area contributed by atoms with E-state index in [4.69, 9.17) is 0 Å². The fourth-order valence-corrected chi connectivity index (χ4v) is 6.85. The Balaban J connectivity index is 0.000000639. The SMILES string of the molecule is O=C(CSc1ccccc1)N[C@@H]1C(=O)N2C(C(=O)O)=C(C=C3CCN(Cc4ccccc4)C3=O)CS[C@H]12.c1c[nH]cn1. The number of carbonyl (C=O) groups is 4. The van der Waals surface area contributed by atoms with Crippen LogP contribution in [-0.4, -0.2) is 78.0 Å². The molecule has 216 valence electrons. The normalized spacial score (nSPS) is 20.5. The van der Waals surface area contributed by atoms with Crippen molar-refractivity contribution in [2.24, 2.45) is 0 Å². The maximum atomic E-state index is 13.0. The molecule has 1 aromatic heterocycles. The second kappa shape index (κ2) is 13.6. The van der Waals surface area contributed by atoms with E-state index in [0.717, 1.165) is 10.5 Å².